The van der Waals surface area contributed by atoms with Crippen LogP contribution in [0.1, 0.15) is 0 Å². The molecular formula is C11H24O6S. The van der Waals surface area contributed by atoms with Crippen LogP contribution in [0, 0.1) is 0 Å². The van der Waals surface area contributed by atoms with Crippen LogP contribution >= 0.6 is 10.0 Å². The Balaban J connectivity index is 2.49. The second-order valence-electron chi connectivity index (χ2n) is 5.36. The highest BCUT2D eigenvalue weighted by Crippen LogP contribution is 2.34. The summed E-state index contributed by atoms with van der Waals surface area (Å²) in [6.45, 7) is -0.0309. The molecule has 0 aromatic heterocycles. The molecule has 0 aromatic rings. The maximum atomic E-state index is 9.72. The highest BCUT2D eigenvalue weighted by Gasteiger charge is 2.43. The third kappa shape index (κ3) is 4.34. The minimum atomic E-state index is -1.37. The van der Waals surface area contributed by atoms with E-state index >= 15 is 0 Å². The van der Waals surface area contributed by atoms with Gasteiger partial charge in [0.25, 0.3) is 0 Å². The van der Waals surface area contributed by atoms with E-state index in [9.17, 15) is 15.3 Å². The number of aliphatic hydroxyl groups excluding tert-OH is 4. The first-order valence-electron chi connectivity index (χ1n) is 5.84. The lowest BCUT2D eigenvalue weighted by atomic mass is 9.99. The van der Waals surface area contributed by atoms with E-state index in [-0.39, 0.29) is 0 Å². The van der Waals surface area contributed by atoms with Crippen LogP contribution in [0.15, 0.2) is 0 Å². The molecule has 1 aliphatic rings. The molecule has 0 aromatic carbocycles. The van der Waals surface area contributed by atoms with E-state index < -0.39 is 47.3 Å². The first-order chi connectivity index (χ1) is 8.26. The van der Waals surface area contributed by atoms with Crippen molar-refractivity contribution < 1.29 is 29.9 Å². The van der Waals surface area contributed by atoms with Gasteiger partial charge in [-0.3, -0.25) is 0 Å². The van der Waals surface area contributed by atoms with Crippen LogP contribution in [0.25, 0.3) is 0 Å². The Hall–Kier alpha value is 0.110. The van der Waals surface area contributed by atoms with Crippen LogP contribution in [0.4, 0.5) is 0 Å². The fourth-order valence-corrected chi connectivity index (χ4v) is 2.22. The summed E-state index contributed by atoms with van der Waals surface area (Å²) in [5.74, 6) is 0.849. The van der Waals surface area contributed by atoms with Crippen molar-refractivity contribution >= 4 is 10.0 Å². The molecule has 0 saturated carbocycles. The van der Waals surface area contributed by atoms with Crippen molar-refractivity contribution in [3.05, 3.63) is 0 Å². The maximum absolute atomic E-state index is 9.72. The normalized spacial score (nSPS) is 38.7. The minimum Gasteiger partial charge on any atom is -0.394 e. The maximum Gasteiger partial charge on any atom is 0.186 e. The Morgan fingerprint density at radius 3 is 2.17 bits per heavy atom. The quantitative estimate of drug-likeness (QED) is 0.490. The van der Waals surface area contributed by atoms with E-state index in [1.54, 1.807) is 0 Å². The van der Waals surface area contributed by atoms with E-state index in [0.717, 1.165) is 5.75 Å². The van der Waals surface area contributed by atoms with Crippen LogP contribution in [0.2, 0.25) is 0 Å². The topological polar surface area (TPSA) is 99.4 Å². The molecule has 0 bridgehead atoms. The highest BCUT2D eigenvalue weighted by molar-refractivity contribution is 8.32. The zero-order valence-electron chi connectivity index (χ0n) is 11.0. The highest BCUT2D eigenvalue weighted by atomic mass is 32.3. The van der Waals surface area contributed by atoms with E-state index in [0.29, 0.717) is 6.61 Å². The number of hydrogen-bond donors (Lipinski definition) is 4. The lowest BCUT2D eigenvalue weighted by Crippen LogP contribution is -2.59. The van der Waals surface area contributed by atoms with E-state index in [1.165, 1.54) is 0 Å². The number of rotatable bonds is 5. The molecule has 0 aliphatic carbocycles. The number of hydrogen-bond acceptors (Lipinski definition) is 6. The van der Waals surface area contributed by atoms with Gasteiger partial charge >= 0.3 is 0 Å². The van der Waals surface area contributed by atoms with E-state index in [2.05, 4.69) is 18.8 Å². The fraction of sp³-hybridized carbons (Fsp3) is 1.00. The van der Waals surface area contributed by atoms with Gasteiger partial charge in [0, 0.05) is 5.75 Å². The van der Waals surface area contributed by atoms with Crippen molar-refractivity contribution in [1.82, 2.24) is 0 Å². The van der Waals surface area contributed by atoms with Gasteiger partial charge in [0.1, 0.15) is 24.4 Å². The second kappa shape index (κ2) is 6.51. The van der Waals surface area contributed by atoms with Crippen molar-refractivity contribution in [3.8, 4) is 0 Å². The van der Waals surface area contributed by atoms with Gasteiger partial charge in [0.15, 0.2) is 6.29 Å². The summed E-state index contributed by atoms with van der Waals surface area (Å²) >= 11 is 0. The van der Waals surface area contributed by atoms with Gasteiger partial charge in [-0.2, -0.15) is 0 Å². The second-order valence-corrected chi connectivity index (χ2v) is 9.95. The van der Waals surface area contributed by atoms with Crippen LogP contribution < -0.4 is 0 Å². The zero-order valence-corrected chi connectivity index (χ0v) is 11.8. The summed E-state index contributed by atoms with van der Waals surface area (Å²) in [5, 5.41) is 37.9. The Kier molecular flexibility index (Phi) is 5.85. The van der Waals surface area contributed by atoms with Crippen molar-refractivity contribution in [1.29, 1.82) is 0 Å². The first kappa shape index (κ1) is 16.2. The molecule has 4 N–H and O–H groups in total. The molecule has 5 unspecified atom stereocenters. The van der Waals surface area contributed by atoms with Gasteiger partial charge in [0.2, 0.25) is 0 Å². The lowest BCUT2D eigenvalue weighted by Gasteiger charge is -2.40. The molecule has 0 amide bonds. The van der Waals surface area contributed by atoms with Gasteiger partial charge in [-0.05, 0) is 18.8 Å². The van der Waals surface area contributed by atoms with Gasteiger partial charge < -0.3 is 29.9 Å². The summed E-state index contributed by atoms with van der Waals surface area (Å²) in [4.78, 5) is 0. The van der Waals surface area contributed by atoms with Gasteiger partial charge in [-0.1, -0.05) is 0 Å². The van der Waals surface area contributed by atoms with Crippen molar-refractivity contribution in [3.63, 3.8) is 0 Å². The van der Waals surface area contributed by atoms with E-state index in [4.69, 9.17) is 14.6 Å². The molecule has 1 aliphatic heterocycles. The molecule has 6 nitrogen and oxygen atoms in total. The zero-order chi connectivity index (χ0) is 13.9. The molecule has 5 atom stereocenters. The van der Waals surface area contributed by atoms with Crippen LogP contribution in [0.3, 0.4) is 0 Å². The summed E-state index contributed by atoms with van der Waals surface area (Å²) < 4.78 is 10.6. The molecule has 1 fully saturated rings. The van der Waals surface area contributed by atoms with Crippen molar-refractivity contribution in [2.75, 3.05) is 37.7 Å². The first-order valence-corrected chi connectivity index (χ1v) is 8.87. The number of aliphatic hydroxyl groups is 4. The summed E-state index contributed by atoms with van der Waals surface area (Å²) in [6.07, 6.45) is 0.494. The van der Waals surface area contributed by atoms with Crippen molar-refractivity contribution in [2.45, 2.75) is 30.7 Å². The smallest absolute Gasteiger partial charge is 0.186 e. The predicted octanol–water partition coefficient (Wildman–Crippen LogP) is -1.50. The predicted molar refractivity (Wildman–Crippen MR) is 69.9 cm³/mol. The van der Waals surface area contributed by atoms with Gasteiger partial charge in [-0.15, -0.1) is 0 Å². The molecular weight excluding hydrogens is 260 g/mol. The minimum absolute atomic E-state index is 0.404. The van der Waals surface area contributed by atoms with Crippen LogP contribution in [0.5, 0.6) is 0 Å². The number of ether oxygens (including phenoxy) is 2. The van der Waals surface area contributed by atoms with Crippen LogP contribution in [-0.2, 0) is 9.47 Å². The molecule has 7 heteroatoms. The van der Waals surface area contributed by atoms with Crippen molar-refractivity contribution in [2.24, 2.45) is 0 Å². The SMILES string of the molecule is CS(C)(C)CCOC1OC(CO)C(O)C(O)C1O. The molecule has 1 heterocycles. The summed E-state index contributed by atoms with van der Waals surface area (Å²) in [5.41, 5.74) is 0. The molecule has 0 spiro atoms. The lowest BCUT2D eigenvalue weighted by molar-refractivity contribution is -0.299. The largest absolute Gasteiger partial charge is 0.394 e. The Morgan fingerprint density at radius 2 is 1.67 bits per heavy atom. The molecule has 1 rings (SSSR count). The summed E-state index contributed by atoms with van der Waals surface area (Å²) in [7, 11) is -0.709. The Morgan fingerprint density at radius 1 is 1.06 bits per heavy atom. The standard InChI is InChI=1S/C11H24O6S/c1-18(2,3)5-4-16-11-10(15)9(14)8(13)7(6-12)17-11/h7-15H,4-6H2,1-3H3. The fourth-order valence-electron chi connectivity index (χ4n) is 1.62. The molecule has 110 valence electrons. The molecule has 0 radical (unpaired) electrons. The average molecular weight is 284 g/mol. The Bertz CT molecular complexity index is 254. The van der Waals surface area contributed by atoms with Crippen LogP contribution in [-0.4, -0.2) is 88.9 Å². The summed E-state index contributed by atoms with van der Waals surface area (Å²) in [6, 6.07) is 0. The average Bonchev–Trinajstić information content (AvgIpc) is 2.27. The molecule has 18 heavy (non-hydrogen) atoms. The van der Waals surface area contributed by atoms with Gasteiger partial charge in [0.05, 0.1) is 13.2 Å². The Labute approximate surface area is 109 Å². The van der Waals surface area contributed by atoms with Gasteiger partial charge in [-0.25, -0.2) is 10.0 Å². The monoisotopic (exact) mass is 284 g/mol. The third-order valence-electron chi connectivity index (χ3n) is 2.83. The van der Waals surface area contributed by atoms with E-state index in [1.807, 2.05) is 0 Å². The molecule has 1 saturated heterocycles. The third-order valence-corrected chi connectivity index (χ3v) is 4.22.